The lowest BCUT2D eigenvalue weighted by Crippen LogP contribution is -2.32. The van der Waals surface area contributed by atoms with Gasteiger partial charge in [0.2, 0.25) is 0 Å². The fraction of sp³-hybridized carbons (Fsp3) is 0.278. The zero-order valence-electron chi connectivity index (χ0n) is 12.3. The lowest BCUT2D eigenvalue weighted by molar-refractivity contribution is 0.0730. The van der Waals surface area contributed by atoms with Crippen molar-refractivity contribution in [1.29, 1.82) is 0 Å². The van der Waals surface area contributed by atoms with E-state index in [0.717, 1.165) is 24.0 Å². The number of amides is 1. The van der Waals surface area contributed by atoms with Crippen LogP contribution in [0.3, 0.4) is 0 Å². The van der Waals surface area contributed by atoms with Gasteiger partial charge in [-0.05, 0) is 48.2 Å². The van der Waals surface area contributed by atoms with Crippen LogP contribution < -0.4 is 5.73 Å². The molecule has 0 aliphatic heterocycles. The lowest BCUT2D eigenvalue weighted by atomic mass is 10.1. The van der Waals surface area contributed by atoms with Crippen LogP contribution in [0.25, 0.3) is 0 Å². The molecule has 1 amide bonds. The molecule has 0 bridgehead atoms. The molecular formula is C18H19FN2O. The van der Waals surface area contributed by atoms with E-state index in [1.807, 2.05) is 29.2 Å². The first-order chi connectivity index (χ1) is 10.7. The zero-order valence-corrected chi connectivity index (χ0v) is 12.3. The molecule has 4 heteroatoms. The molecule has 22 heavy (non-hydrogen) atoms. The number of nitrogens with zero attached hydrogens (tertiary/aromatic N) is 1. The maximum Gasteiger partial charge on any atom is 0.254 e. The summed E-state index contributed by atoms with van der Waals surface area (Å²) in [5.74, 6) is -0.235. The Bertz CT molecular complexity index is 648. The van der Waals surface area contributed by atoms with E-state index in [4.69, 9.17) is 5.73 Å². The fourth-order valence-corrected chi connectivity index (χ4v) is 2.49. The summed E-state index contributed by atoms with van der Waals surface area (Å²) in [6.07, 6.45) is 2.07. The van der Waals surface area contributed by atoms with Crippen LogP contribution >= 0.6 is 0 Å². The second-order valence-corrected chi connectivity index (χ2v) is 5.69. The van der Waals surface area contributed by atoms with Crippen LogP contribution in [0.15, 0.2) is 48.5 Å². The molecule has 1 fully saturated rings. The number of rotatable bonds is 5. The van der Waals surface area contributed by atoms with Crippen LogP contribution in [0.2, 0.25) is 0 Å². The van der Waals surface area contributed by atoms with Crippen molar-refractivity contribution in [2.75, 3.05) is 0 Å². The van der Waals surface area contributed by atoms with Crippen LogP contribution in [0.1, 0.15) is 34.3 Å². The van der Waals surface area contributed by atoms with Gasteiger partial charge in [-0.25, -0.2) is 4.39 Å². The molecule has 1 aliphatic carbocycles. The predicted molar refractivity (Wildman–Crippen MR) is 83.6 cm³/mol. The van der Waals surface area contributed by atoms with Crippen molar-refractivity contribution in [3.63, 3.8) is 0 Å². The van der Waals surface area contributed by atoms with E-state index >= 15 is 0 Å². The van der Waals surface area contributed by atoms with Gasteiger partial charge in [0.1, 0.15) is 5.82 Å². The average molecular weight is 298 g/mol. The van der Waals surface area contributed by atoms with Crippen molar-refractivity contribution in [3.8, 4) is 0 Å². The smallest absolute Gasteiger partial charge is 0.254 e. The molecule has 3 rings (SSSR count). The first kappa shape index (κ1) is 14.7. The number of benzene rings is 2. The van der Waals surface area contributed by atoms with Gasteiger partial charge in [0.05, 0.1) is 0 Å². The standard InChI is InChI=1S/C18H19FN2O/c19-16-7-3-14(4-8-16)12-21(17-9-10-17)18(22)15-5-1-13(11-20)2-6-15/h1-8,17H,9-12,20H2. The van der Waals surface area contributed by atoms with E-state index in [1.54, 1.807) is 12.1 Å². The van der Waals surface area contributed by atoms with E-state index in [0.29, 0.717) is 24.7 Å². The minimum Gasteiger partial charge on any atom is -0.331 e. The molecule has 114 valence electrons. The van der Waals surface area contributed by atoms with E-state index in [-0.39, 0.29) is 11.7 Å². The third-order valence-electron chi connectivity index (χ3n) is 3.95. The number of carbonyl (C=O) groups excluding carboxylic acids is 1. The highest BCUT2D eigenvalue weighted by Gasteiger charge is 2.33. The van der Waals surface area contributed by atoms with Gasteiger partial charge >= 0.3 is 0 Å². The Hall–Kier alpha value is -2.20. The fourth-order valence-electron chi connectivity index (χ4n) is 2.49. The van der Waals surface area contributed by atoms with Crippen molar-refractivity contribution in [2.45, 2.75) is 32.0 Å². The Morgan fingerprint density at radius 1 is 1.05 bits per heavy atom. The Morgan fingerprint density at radius 2 is 1.64 bits per heavy atom. The van der Waals surface area contributed by atoms with Crippen molar-refractivity contribution >= 4 is 5.91 Å². The summed E-state index contributed by atoms with van der Waals surface area (Å²) in [7, 11) is 0. The van der Waals surface area contributed by atoms with Crippen molar-refractivity contribution in [1.82, 2.24) is 4.90 Å². The average Bonchev–Trinajstić information content (AvgIpc) is 3.38. The van der Waals surface area contributed by atoms with Crippen LogP contribution in [-0.2, 0) is 13.1 Å². The second kappa shape index (κ2) is 6.28. The summed E-state index contributed by atoms with van der Waals surface area (Å²) in [6.45, 7) is 0.985. The normalized spacial score (nSPS) is 13.9. The molecule has 2 N–H and O–H groups in total. The topological polar surface area (TPSA) is 46.3 Å². The number of carbonyl (C=O) groups is 1. The summed E-state index contributed by atoms with van der Waals surface area (Å²) in [4.78, 5) is 14.6. The molecule has 1 aliphatic rings. The van der Waals surface area contributed by atoms with E-state index in [9.17, 15) is 9.18 Å². The molecule has 1 saturated carbocycles. The Balaban J connectivity index is 1.77. The second-order valence-electron chi connectivity index (χ2n) is 5.69. The minimum atomic E-state index is -0.259. The third kappa shape index (κ3) is 3.34. The Kier molecular flexibility index (Phi) is 4.20. The lowest BCUT2D eigenvalue weighted by Gasteiger charge is -2.23. The van der Waals surface area contributed by atoms with Gasteiger partial charge in [0.25, 0.3) is 5.91 Å². The van der Waals surface area contributed by atoms with Gasteiger partial charge < -0.3 is 10.6 Å². The monoisotopic (exact) mass is 298 g/mol. The number of halogens is 1. The highest BCUT2D eigenvalue weighted by molar-refractivity contribution is 5.94. The first-order valence-corrected chi connectivity index (χ1v) is 7.52. The molecular weight excluding hydrogens is 279 g/mol. The number of hydrogen-bond acceptors (Lipinski definition) is 2. The molecule has 2 aromatic rings. The molecule has 0 aromatic heterocycles. The Morgan fingerprint density at radius 3 is 2.18 bits per heavy atom. The minimum absolute atomic E-state index is 0.0235. The van der Waals surface area contributed by atoms with Crippen LogP contribution in [0.4, 0.5) is 4.39 Å². The summed E-state index contributed by atoms with van der Waals surface area (Å²) in [6, 6.07) is 14.0. The summed E-state index contributed by atoms with van der Waals surface area (Å²) in [5.41, 5.74) is 8.21. The highest BCUT2D eigenvalue weighted by Crippen LogP contribution is 2.30. The van der Waals surface area contributed by atoms with E-state index < -0.39 is 0 Å². The quantitative estimate of drug-likeness (QED) is 0.922. The van der Waals surface area contributed by atoms with Crippen LogP contribution in [0.5, 0.6) is 0 Å². The maximum absolute atomic E-state index is 13.0. The SMILES string of the molecule is NCc1ccc(C(=O)N(Cc2ccc(F)cc2)C2CC2)cc1. The van der Waals surface area contributed by atoms with Crippen LogP contribution in [0, 0.1) is 5.82 Å². The maximum atomic E-state index is 13.0. The van der Waals surface area contributed by atoms with Gasteiger partial charge in [-0.3, -0.25) is 4.79 Å². The molecule has 0 heterocycles. The van der Waals surface area contributed by atoms with Gasteiger partial charge in [0, 0.05) is 24.7 Å². The van der Waals surface area contributed by atoms with E-state index in [1.165, 1.54) is 12.1 Å². The number of nitrogens with two attached hydrogens (primary N) is 1. The van der Waals surface area contributed by atoms with Gasteiger partial charge in [-0.2, -0.15) is 0 Å². The summed E-state index contributed by atoms with van der Waals surface area (Å²) in [5, 5.41) is 0. The van der Waals surface area contributed by atoms with Crippen LogP contribution in [-0.4, -0.2) is 16.8 Å². The zero-order chi connectivity index (χ0) is 15.5. The van der Waals surface area contributed by atoms with Gasteiger partial charge in [-0.1, -0.05) is 24.3 Å². The molecule has 0 saturated heterocycles. The Labute approximate surface area is 129 Å². The molecule has 0 atom stereocenters. The summed E-state index contributed by atoms with van der Waals surface area (Å²) < 4.78 is 13.0. The summed E-state index contributed by atoms with van der Waals surface area (Å²) >= 11 is 0. The molecule has 0 spiro atoms. The van der Waals surface area contributed by atoms with Gasteiger partial charge in [-0.15, -0.1) is 0 Å². The largest absolute Gasteiger partial charge is 0.331 e. The third-order valence-corrected chi connectivity index (χ3v) is 3.95. The molecule has 2 aromatic carbocycles. The van der Waals surface area contributed by atoms with E-state index in [2.05, 4.69) is 0 Å². The highest BCUT2D eigenvalue weighted by atomic mass is 19.1. The molecule has 0 unspecified atom stereocenters. The van der Waals surface area contributed by atoms with Crippen molar-refractivity contribution in [2.24, 2.45) is 5.73 Å². The van der Waals surface area contributed by atoms with Crippen molar-refractivity contribution in [3.05, 3.63) is 71.0 Å². The first-order valence-electron chi connectivity index (χ1n) is 7.52. The molecule has 0 radical (unpaired) electrons. The predicted octanol–water partition coefficient (Wildman–Crippen LogP) is 3.09. The van der Waals surface area contributed by atoms with Crippen molar-refractivity contribution < 1.29 is 9.18 Å². The number of hydrogen-bond donors (Lipinski definition) is 1. The molecule has 3 nitrogen and oxygen atoms in total. The van der Waals surface area contributed by atoms with Gasteiger partial charge in [0.15, 0.2) is 0 Å².